The molecule has 6 nitrogen and oxygen atoms in total. The Hall–Kier alpha value is -3.22. The quantitative estimate of drug-likeness (QED) is 0.354. The first-order chi connectivity index (χ1) is 15.0. The number of ether oxygens (including phenoxy) is 2. The zero-order chi connectivity index (χ0) is 22.0. The minimum Gasteiger partial charge on any atom is -0.485 e. The summed E-state index contributed by atoms with van der Waals surface area (Å²) in [6.07, 6.45) is 1.67. The SMILES string of the molecule is CCOC(=O)c1cc2cc(-c3cnc(N)c(OCc4c(Cl)cccc4Cl)c3)ccc2[nH]1. The minimum absolute atomic E-state index is 0.160. The van der Waals surface area contributed by atoms with Crippen LogP contribution < -0.4 is 10.5 Å². The van der Waals surface area contributed by atoms with Crippen molar-refractivity contribution in [3.8, 4) is 16.9 Å². The van der Waals surface area contributed by atoms with Crippen molar-refractivity contribution in [3.05, 3.63) is 76.0 Å². The van der Waals surface area contributed by atoms with Crippen molar-refractivity contribution < 1.29 is 14.3 Å². The van der Waals surface area contributed by atoms with Gasteiger partial charge < -0.3 is 20.2 Å². The van der Waals surface area contributed by atoms with Gasteiger partial charge in [-0.15, -0.1) is 0 Å². The van der Waals surface area contributed by atoms with Crippen molar-refractivity contribution in [1.82, 2.24) is 9.97 Å². The van der Waals surface area contributed by atoms with Crippen molar-refractivity contribution in [3.63, 3.8) is 0 Å². The van der Waals surface area contributed by atoms with E-state index in [4.69, 9.17) is 38.4 Å². The first-order valence-electron chi connectivity index (χ1n) is 9.57. The number of benzene rings is 2. The van der Waals surface area contributed by atoms with Crippen molar-refractivity contribution in [2.24, 2.45) is 0 Å². The van der Waals surface area contributed by atoms with Crippen molar-refractivity contribution in [2.45, 2.75) is 13.5 Å². The fourth-order valence-electron chi connectivity index (χ4n) is 3.18. The Balaban J connectivity index is 1.61. The molecule has 3 N–H and O–H groups in total. The van der Waals surface area contributed by atoms with Crippen LogP contribution in [-0.4, -0.2) is 22.5 Å². The molecule has 4 rings (SSSR count). The van der Waals surface area contributed by atoms with E-state index in [1.54, 1.807) is 37.4 Å². The predicted octanol–water partition coefficient (Wildman–Crippen LogP) is 5.87. The van der Waals surface area contributed by atoms with E-state index < -0.39 is 0 Å². The lowest BCUT2D eigenvalue weighted by Crippen LogP contribution is -2.04. The monoisotopic (exact) mass is 455 g/mol. The van der Waals surface area contributed by atoms with Crippen LogP contribution in [0.15, 0.2) is 54.7 Å². The average Bonchev–Trinajstić information content (AvgIpc) is 3.18. The Kier molecular flexibility index (Phi) is 6.02. The second-order valence-corrected chi connectivity index (χ2v) is 7.62. The molecule has 158 valence electrons. The van der Waals surface area contributed by atoms with Gasteiger partial charge >= 0.3 is 5.97 Å². The lowest BCUT2D eigenvalue weighted by atomic mass is 10.1. The highest BCUT2D eigenvalue weighted by atomic mass is 35.5. The predicted molar refractivity (Wildman–Crippen MR) is 123 cm³/mol. The number of anilines is 1. The maximum atomic E-state index is 12.0. The molecule has 0 spiro atoms. The van der Waals surface area contributed by atoms with Gasteiger partial charge in [-0.2, -0.15) is 0 Å². The first-order valence-corrected chi connectivity index (χ1v) is 10.3. The Morgan fingerprint density at radius 2 is 1.87 bits per heavy atom. The molecule has 0 fully saturated rings. The molecule has 0 saturated heterocycles. The van der Waals surface area contributed by atoms with Gasteiger partial charge in [0, 0.05) is 38.3 Å². The molecule has 0 aliphatic heterocycles. The number of carbonyl (C=O) groups excluding carboxylic acids is 1. The lowest BCUT2D eigenvalue weighted by molar-refractivity contribution is 0.0520. The standard InChI is InChI=1S/C23H19Cl2N3O3/c1-2-30-23(29)20-9-14-8-13(6-7-19(14)28-20)15-10-21(22(26)27-11-15)31-12-16-17(24)4-3-5-18(16)25/h3-11,28H,2,12H2,1H3,(H2,26,27). The van der Waals surface area contributed by atoms with E-state index >= 15 is 0 Å². The molecule has 0 aliphatic carbocycles. The van der Waals surface area contributed by atoms with Crippen LogP contribution >= 0.6 is 23.2 Å². The summed E-state index contributed by atoms with van der Waals surface area (Å²) >= 11 is 12.4. The zero-order valence-electron chi connectivity index (χ0n) is 16.6. The number of aromatic nitrogens is 2. The van der Waals surface area contributed by atoms with Gasteiger partial charge in [-0.25, -0.2) is 9.78 Å². The average molecular weight is 456 g/mol. The maximum absolute atomic E-state index is 12.0. The third-order valence-electron chi connectivity index (χ3n) is 4.76. The highest BCUT2D eigenvalue weighted by Crippen LogP contribution is 2.31. The van der Waals surface area contributed by atoms with Gasteiger partial charge in [0.15, 0.2) is 11.6 Å². The molecule has 4 aromatic rings. The van der Waals surface area contributed by atoms with Crippen LogP contribution in [-0.2, 0) is 11.3 Å². The molecule has 31 heavy (non-hydrogen) atoms. The van der Waals surface area contributed by atoms with E-state index in [0.717, 1.165) is 22.0 Å². The molecule has 8 heteroatoms. The fraction of sp³-hybridized carbons (Fsp3) is 0.130. The van der Waals surface area contributed by atoms with Gasteiger partial charge in [0.25, 0.3) is 0 Å². The second-order valence-electron chi connectivity index (χ2n) is 6.80. The summed E-state index contributed by atoms with van der Waals surface area (Å²) < 4.78 is 10.9. The summed E-state index contributed by atoms with van der Waals surface area (Å²) in [7, 11) is 0. The van der Waals surface area contributed by atoms with Crippen LogP contribution in [0, 0.1) is 0 Å². The van der Waals surface area contributed by atoms with Gasteiger partial charge in [-0.3, -0.25) is 0 Å². The third-order valence-corrected chi connectivity index (χ3v) is 5.47. The molecule has 0 unspecified atom stereocenters. The van der Waals surface area contributed by atoms with E-state index in [-0.39, 0.29) is 18.4 Å². The molecule has 2 heterocycles. The van der Waals surface area contributed by atoms with Crippen LogP contribution in [0.25, 0.3) is 22.0 Å². The number of esters is 1. The number of pyridine rings is 1. The van der Waals surface area contributed by atoms with E-state index in [0.29, 0.717) is 33.7 Å². The van der Waals surface area contributed by atoms with Gasteiger partial charge in [0.1, 0.15) is 12.3 Å². The minimum atomic E-state index is -0.386. The number of nitrogens with one attached hydrogen (secondary N) is 1. The smallest absolute Gasteiger partial charge is 0.354 e. The second kappa shape index (κ2) is 8.88. The van der Waals surface area contributed by atoms with Crippen molar-refractivity contribution in [1.29, 1.82) is 0 Å². The number of hydrogen-bond donors (Lipinski definition) is 2. The van der Waals surface area contributed by atoms with Gasteiger partial charge in [-0.1, -0.05) is 35.3 Å². The van der Waals surface area contributed by atoms with Crippen LogP contribution in [0.3, 0.4) is 0 Å². The summed E-state index contributed by atoms with van der Waals surface area (Å²) in [6, 6.07) is 14.6. The summed E-state index contributed by atoms with van der Waals surface area (Å²) in [5.74, 6) is 0.303. The number of nitrogens with zero attached hydrogens (tertiary/aromatic N) is 1. The Morgan fingerprint density at radius 1 is 1.10 bits per heavy atom. The molecule has 2 aromatic carbocycles. The van der Waals surface area contributed by atoms with Gasteiger partial charge in [-0.05, 0) is 48.9 Å². The molecular formula is C23H19Cl2N3O3. The number of nitrogen functional groups attached to an aromatic ring is 1. The van der Waals surface area contributed by atoms with Gasteiger partial charge in [0.05, 0.1) is 6.61 Å². The molecule has 0 atom stereocenters. The number of rotatable bonds is 6. The van der Waals surface area contributed by atoms with Crippen molar-refractivity contribution >= 4 is 45.9 Å². The van der Waals surface area contributed by atoms with E-state index in [1.807, 2.05) is 24.3 Å². The number of fused-ring (bicyclic) bond motifs is 1. The zero-order valence-corrected chi connectivity index (χ0v) is 18.1. The molecule has 0 radical (unpaired) electrons. The largest absolute Gasteiger partial charge is 0.485 e. The number of hydrogen-bond acceptors (Lipinski definition) is 5. The summed E-state index contributed by atoms with van der Waals surface area (Å²) in [4.78, 5) is 19.3. The Labute approximate surface area is 188 Å². The first kappa shape index (κ1) is 21.0. The van der Waals surface area contributed by atoms with Crippen LogP contribution in [0.2, 0.25) is 10.0 Å². The molecule has 0 bridgehead atoms. The summed E-state index contributed by atoms with van der Waals surface area (Å²) in [5, 5.41) is 1.92. The van der Waals surface area contributed by atoms with Crippen LogP contribution in [0.1, 0.15) is 23.0 Å². The number of halogens is 2. The highest BCUT2D eigenvalue weighted by Gasteiger charge is 2.13. The Morgan fingerprint density at radius 3 is 2.61 bits per heavy atom. The fourth-order valence-corrected chi connectivity index (χ4v) is 3.69. The lowest BCUT2D eigenvalue weighted by Gasteiger charge is -2.12. The Bertz CT molecular complexity index is 1250. The van der Waals surface area contributed by atoms with Crippen LogP contribution in [0.4, 0.5) is 5.82 Å². The summed E-state index contributed by atoms with van der Waals surface area (Å²) in [6.45, 7) is 2.25. The van der Waals surface area contributed by atoms with E-state index in [9.17, 15) is 4.79 Å². The number of aromatic amines is 1. The third kappa shape index (κ3) is 4.45. The van der Waals surface area contributed by atoms with E-state index in [2.05, 4.69) is 9.97 Å². The number of carbonyl (C=O) groups is 1. The van der Waals surface area contributed by atoms with Crippen LogP contribution in [0.5, 0.6) is 5.75 Å². The van der Waals surface area contributed by atoms with Gasteiger partial charge in [0.2, 0.25) is 0 Å². The summed E-state index contributed by atoms with van der Waals surface area (Å²) in [5.41, 5.74) is 9.64. The molecule has 2 aromatic heterocycles. The molecular weight excluding hydrogens is 437 g/mol. The van der Waals surface area contributed by atoms with E-state index in [1.165, 1.54) is 0 Å². The number of nitrogens with two attached hydrogens (primary N) is 1. The molecule has 0 saturated carbocycles. The number of H-pyrrole nitrogens is 1. The highest BCUT2D eigenvalue weighted by molar-refractivity contribution is 6.35. The topological polar surface area (TPSA) is 90.2 Å². The molecule has 0 aliphatic rings. The normalized spacial score (nSPS) is 10.9. The molecule has 0 amide bonds. The van der Waals surface area contributed by atoms with Crippen molar-refractivity contribution in [2.75, 3.05) is 12.3 Å². The maximum Gasteiger partial charge on any atom is 0.354 e.